The Bertz CT molecular complexity index is 863. The fraction of sp³-hybridized carbons (Fsp3) is 0.364. The van der Waals surface area contributed by atoms with E-state index in [1.807, 2.05) is 36.1 Å². The zero-order chi connectivity index (χ0) is 19.5. The van der Waals surface area contributed by atoms with Gasteiger partial charge in [0, 0.05) is 43.2 Å². The number of carbonyl (C=O) groups is 2. The zero-order valence-corrected chi connectivity index (χ0v) is 16.9. The SMILES string of the molecule is CC1Sc2ccc(C(=O)N3CCN(CCc4ccccc4)CC3)cc2NC1=O. The number of rotatable bonds is 4. The van der Waals surface area contributed by atoms with Crippen molar-refractivity contribution in [3.8, 4) is 0 Å². The molecule has 2 heterocycles. The molecule has 0 radical (unpaired) electrons. The molecule has 0 bridgehead atoms. The molecule has 1 unspecified atom stereocenters. The van der Waals surface area contributed by atoms with Crippen LogP contribution in [0.4, 0.5) is 5.69 Å². The van der Waals surface area contributed by atoms with E-state index in [-0.39, 0.29) is 17.1 Å². The molecule has 2 aliphatic heterocycles. The van der Waals surface area contributed by atoms with Crippen LogP contribution in [0.15, 0.2) is 53.4 Å². The third kappa shape index (κ3) is 4.23. The van der Waals surface area contributed by atoms with Crippen molar-refractivity contribution in [1.29, 1.82) is 0 Å². The van der Waals surface area contributed by atoms with E-state index in [4.69, 9.17) is 0 Å². The molecule has 0 saturated carbocycles. The Morgan fingerprint density at radius 3 is 2.61 bits per heavy atom. The van der Waals surface area contributed by atoms with Crippen LogP contribution in [0.3, 0.4) is 0 Å². The molecule has 1 atom stereocenters. The Kier molecular flexibility index (Phi) is 5.69. The summed E-state index contributed by atoms with van der Waals surface area (Å²) in [5.74, 6) is 0.0394. The summed E-state index contributed by atoms with van der Waals surface area (Å²) in [6.07, 6.45) is 1.04. The van der Waals surface area contributed by atoms with Crippen LogP contribution in [0.1, 0.15) is 22.8 Å². The molecule has 1 fully saturated rings. The highest BCUT2D eigenvalue weighted by Crippen LogP contribution is 2.36. The number of hydrogen-bond donors (Lipinski definition) is 1. The summed E-state index contributed by atoms with van der Waals surface area (Å²) in [5, 5.41) is 2.81. The number of amides is 2. The quantitative estimate of drug-likeness (QED) is 0.864. The maximum atomic E-state index is 12.9. The molecule has 6 heteroatoms. The molecule has 5 nitrogen and oxygen atoms in total. The summed E-state index contributed by atoms with van der Waals surface area (Å²) >= 11 is 1.54. The first-order chi connectivity index (χ1) is 13.6. The molecule has 2 amide bonds. The lowest BCUT2D eigenvalue weighted by atomic mass is 10.1. The summed E-state index contributed by atoms with van der Waals surface area (Å²) < 4.78 is 0. The molecule has 28 heavy (non-hydrogen) atoms. The summed E-state index contributed by atoms with van der Waals surface area (Å²) in [6, 6.07) is 16.1. The fourth-order valence-electron chi connectivity index (χ4n) is 3.63. The lowest BCUT2D eigenvalue weighted by Gasteiger charge is -2.35. The van der Waals surface area contributed by atoms with Gasteiger partial charge in [0.1, 0.15) is 0 Å². The van der Waals surface area contributed by atoms with E-state index in [1.54, 1.807) is 0 Å². The van der Waals surface area contributed by atoms with E-state index in [2.05, 4.69) is 34.5 Å². The van der Waals surface area contributed by atoms with Gasteiger partial charge in [0.15, 0.2) is 0 Å². The van der Waals surface area contributed by atoms with E-state index in [1.165, 1.54) is 17.3 Å². The number of benzene rings is 2. The molecular formula is C22H25N3O2S. The molecule has 2 aromatic carbocycles. The lowest BCUT2D eigenvalue weighted by Crippen LogP contribution is -2.49. The highest BCUT2D eigenvalue weighted by molar-refractivity contribution is 8.00. The Morgan fingerprint density at radius 1 is 1.11 bits per heavy atom. The maximum absolute atomic E-state index is 12.9. The molecule has 1 saturated heterocycles. The van der Waals surface area contributed by atoms with Crippen molar-refractivity contribution in [2.45, 2.75) is 23.5 Å². The Labute approximate surface area is 170 Å². The third-order valence-corrected chi connectivity index (χ3v) is 6.55. The molecule has 0 aromatic heterocycles. The number of carbonyl (C=O) groups excluding carboxylic acids is 2. The van der Waals surface area contributed by atoms with Gasteiger partial charge in [0.2, 0.25) is 5.91 Å². The molecule has 1 N–H and O–H groups in total. The van der Waals surface area contributed by atoms with Crippen molar-refractivity contribution in [2.75, 3.05) is 38.0 Å². The average Bonchev–Trinajstić information content (AvgIpc) is 2.73. The van der Waals surface area contributed by atoms with E-state index >= 15 is 0 Å². The molecular weight excluding hydrogens is 370 g/mol. The molecule has 0 spiro atoms. The van der Waals surface area contributed by atoms with Gasteiger partial charge in [-0.05, 0) is 37.1 Å². The van der Waals surface area contributed by atoms with Gasteiger partial charge in [-0.15, -0.1) is 11.8 Å². The van der Waals surface area contributed by atoms with Gasteiger partial charge in [0.05, 0.1) is 10.9 Å². The van der Waals surface area contributed by atoms with Gasteiger partial charge in [0.25, 0.3) is 5.91 Å². The maximum Gasteiger partial charge on any atom is 0.254 e. The minimum atomic E-state index is -0.0991. The number of piperazine rings is 1. The molecule has 146 valence electrons. The minimum absolute atomic E-state index is 0.00544. The average molecular weight is 396 g/mol. The Morgan fingerprint density at radius 2 is 1.86 bits per heavy atom. The largest absolute Gasteiger partial charge is 0.336 e. The number of hydrogen-bond acceptors (Lipinski definition) is 4. The van der Waals surface area contributed by atoms with E-state index < -0.39 is 0 Å². The molecule has 2 aromatic rings. The zero-order valence-electron chi connectivity index (χ0n) is 16.1. The second kappa shape index (κ2) is 8.37. The second-order valence-electron chi connectivity index (χ2n) is 7.33. The topological polar surface area (TPSA) is 52.7 Å². The van der Waals surface area contributed by atoms with Gasteiger partial charge in [-0.3, -0.25) is 14.5 Å². The van der Waals surface area contributed by atoms with Gasteiger partial charge >= 0.3 is 0 Å². The first-order valence-corrected chi connectivity index (χ1v) is 10.7. The van der Waals surface area contributed by atoms with E-state index in [0.717, 1.165) is 49.7 Å². The monoisotopic (exact) mass is 395 g/mol. The lowest BCUT2D eigenvalue weighted by molar-refractivity contribution is -0.115. The number of fused-ring (bicyclic) bond motifs is 1. The molecule has 4 rings (SSSR count). The van der Waals surface area contributed by atoms with Gasteiger partial charge in [-0.2, -0.15) is 0 Å². The van der Waals surface area contributed by atoms with Gasteiger partial charge < -0.3 is 10.2 Å². The van der Waals surface area contributed by atoms with Crippen molar-refractivity contribution in [1.82, 2.24) is 9.80 Å². The number of nitrogens with zero attached hydrogens (tertiary/aromatic N) is 2. The number of nitrogens with one attached hydrogen (secondary N) is 1. The summed E-state index contributed by atoms with van der Waals surface area (Å²) in [6.45, 7) is 6.18. The van der Waals surface area contributed by atoms with Crippen molar-refractivity contribution in [2.24, 2.45) is 0 Å². The highest BCUT2D eigenvalue weighted by Gasteiger charge is 2.26. The summed E-state index contributed by atoms with van der Waals surface area (Å²) in [4.78, 5) is 30.2. The number of anilines is 1. The highest BCUT2D eigenvalue weighted by atomic mass is 32.2. The van der Waals surface area contributed by atoms with Gasteiger partial charge in [-0.1, -0.05) is 30.3 Å². The van der Waals surface area contributed by atoms with Crippen molar-refractivity contribution in [3.63, 3.8) is 0 Å². The van der Waals surface area contributed by atoms with Crippen LogP contribution in [0.5, 0.6) is 0 Å². The summed E-state index contributed by atoms with van der Waals surface area (Å²) in [5.41, 5.74) is 2.75. The van der Waals surface area contributed by atoms with Gasteiger partial charge in [-0.25, -0.2) is 0 Å². The molecule has 2 aliphatic rings. The minimum Gasteiger partial charge on any atom is -0.336 e. The predicted molar refractivity (Wildman–Crippen MR) is 113 cm³/mol. The predicted octanol–water partition coefficient (Wildman–Crippen LogP) is 3.12. The van der Waals surface area contributed by atoms with Crippen LogP contribution >= 0.6 is 11.8 Å². The third-order valence-electron chi connectivity index (χ3n) is 5.38. The smallest absolute Gasteiger partial charge is 0.254 e. The van der Waals surface area contributed by atoms with Crippen LogP contribution in [-0.4, -0.2) is 59.6 Å². The number of thioether (sulfide) groups is 1. The second-order valence-corrected chi connectivity index (χ2v) is 8.71. The van der Waals surface area contributed by atoms with Crippen LogP contribution in [0, 0.1) is 0 Å². The van der Waals surface area contributed by atoms with Crippen molar-refractivity contribution >= 4 is 29.3 Å². The first-order valence-electron chi connectivity index (χ1n) is 9.77. The Hall–Kier alpha value is -2.31. The van der Waals surface area contributed by atoms with Crippen LogP contribution in [-0.2, 0) is 11.2 Å². The standard InChI is InChI=1S/C22H25N3O2S/c1-16-21(26)23-19-15-18(7-8-20(19)28-16)22(27)25-13-11-24(12-14-25)10-9-17-5-3-2-4-6-17/h2-8,15-16H,9-14H2,1H3,(H,23,26). The van der Waals surface area contributed by atoms with Crippen LogP contribution in [0.2, 0.25) is 0 Å². The van der Waals surface area contributed by atoms with Crippen LogP contribution < -0.4 is 5.32 Å². The van der Waals surface area contributed by atoms with E-state index in [9.17, 15) is 9.59 Å². The normalized spacial score (nSPS) is 19.8. The Balaban J connectivity index is 1.33. The summed E-state index contributed by atoms with van der Waals surface area (Å²) in [7, 11) is 0. The molecule has 0 aliphatic carbocycles. The van der Waals surface area contributed by atoms with Crippen LogP contribution in [0.25, 0.3) is 0 Å². The van der Waals surface area contributed by atoms with E-state index in [0.29, 0.717) is 5.56 Å². The van der Waals surface area contributed by atoms with Crippen molar-refractivity contribution in [3.05, 3.63) is 59.7 Å². The fourth-order valence-corrected chi connectivity index (χ4v) is 4.56. The van der Waals surface area contributed by atoms with Crippen molar-refractivity contribution < 1.29 is 9.59 Å². The first kappa shape index (κ1) is 19.0.